The second-order valence-corrected chi connectivity index (χ2v) is 8.14. The first-order valence-electron chi connectivity index (χ1n) is 9.00. The maximum absolute atomic E-state index is 13.9. The van der Waals surface area contributed by atoms with E-state index in [0.29, 0.717) is 5.13 Å². The van der Waals surface area contributed by atoms with Gasteiger partial charge in [0.1, 0.15) is 11.9 Å². The number of hydrogen-bond acceptors (Lipinski definition) is 4. The van der Waals surface area contributed by atoms with E-state index in [9.17, 15) is 14.0 Å². The van der Waals surface area contributed by atoms with Crippen molar-refractivity contribution in [3.05, 3.63) is 58.9 Å². The lowest BCUT2D eigenvalue weighted by molar-refractivity contribution is -0.118. The summed E-state index contributed by atoms with van der Waals surface area (Å²) in [5.41, 5.74) is 2.93. The van der Waals surface area contributed by atoms with Crippen LogP contribution in [-0.2, 0) is 4.79 Å². The fourth-order valence-corrected chi connectivity index (χ4v) is 4.05. The van der Waals surface area contributed by atoms with Gasteiger partial charge in [-0.2, -0.15) is 0 Å². The van der Waals surface area contributed by atoms with Crippen molar-refractivity contribution in [1.29, 1.82) is 0 Å². The summed E-state index contributed by atoms with van der Waals surface area (Å²) in [6.45, 7) is 7.62. The van der Waals surface area contributed by atoms with Crippen molar-refractivity contribution in [1.82, 2.24) is 10.3 Å². The highest BCUT2D eigenvalue weighted by molar-refractivity contribution is 7.22. The lowest BCUT2D eigenvalue weighted by Crippen LogP contribution is -2.47. The van der Waals surface area contributed by atoms with E-state index in [2.05, 4.69) is 15.6 Å². The van der Waals surface area contributed by atoms with Crippen LogP contribution in [0.2, 0.25) is 0 Å². The van der Waals surface area contributed by atoms with E-state index in [1.165, 1.54) is 29.5 Å². The normalized spacial score (nSPS) is 12.2. The summed E-state index contributed by atoms with van der Waals surface area (Å²) in [5.74, 6) is -1.81. The maximum Gasteiger partial charge on any atom is 0.254 e. The highest BCUT2D eigenvalue weighted by Crippen LogP contribution is 2.29. The molecule has 0 aliphatic rings. The van der Waals surface area contributed by atoms with Crippen molar-refractivity contribution in [2.24, 2.45) is 5.92 Å². The van der Waals surface area contributed by atoms with Gasteiger partial charge in [0.15, 0.2) is 5.13 Å². The Morgan fingerprint density at radius 3 is 2.54 bits per heavy atom. The molecular weight excluding hydrogens is 377 g/mol. The Balaban J connectivity index is 1.79. The molecular formula is C21H22FN3O2S. The lowest BCUT2D eigenvalue weighted by atomic mass is 10.0. The largest absolute Gasteiger partial charge is 0.340 e. The molecule has 0 fully saturated rings. The van der Waals surface area contributed by atoms with Crippen LogP contribution >= 0.6 is 11.3 Å². The maximum atomic E-state index is 13.9. The quantitative estimate of drug-likeness (QED) is 0.666. The van der Waals surface area contributed by atoms with Crippen LogP contribution in [-0.4, -0.2) is 22.8 Å². The SMILES string of the molecule is Cc1cc(C)c2nc(NC(=O)[C@@H](NC(=O)c3ccccc3F)C(C)C)sc2c1. The van der Waals surface area contributed by atoms with Gasteiger partial charge in [-0.1, -0.05) is 43.4 Å². The number of amides is 2. The first-order chi connectivity index (χ1) is 13.3. The average molecular weight is 399 g/mol. The minimum Gasteiger partial charge on any atom is -0.340 e. The van der Waals surface area contributed by atoms with Crippen molar-refractivity contribution in [2.45, 2.75) is 33.7 Å². The first kappa shape index (κ1) is 19.9. The Hall–Kier alpha value is -2.80. The number of aryl methyl sites for hydroxylation is 2. The highest BCUT2D eigenvalue weighted by Gasteiger charge is 2.26. The third-order valence-corrected chi connectivity index (χ3v) is 5.33. The summed E-state index contributed by atoms with van der Waals surface area (Å²) < 4.78 is 14.8. The smallest absolute Gasteiger partial charge is 0.254 e. The zero-order valence-corrected chi connectivity index (χ0v) is 17.0. The molecule has 146 valence electrons. The standard InChI is InChI=1S/C21H22FN3O2S/c1-11(2)17(23-19(26)14-7-5-6-8-15(14)22)20(27)25-21-24-18-13(4)9-12(3)10-16(18)28-21/h5-11,17H,1-4H3,(H,23,26)(H,24,25,27)/t17-/m0/s1. The Bertz CT molecular complexity index is 1050. The molecule has 1 heterocycles. The molecule has 0 radical (unpaired) electrons. The minimum absolute atomic E-state index is 0.0907. The summed E-state index contributed by atoms with van der Waals surface area (Å²) in [4.78, 5) is 29.7. The van der Waals surface area contributed by atoms with E-state index in [-0.39, 0.29) is 17.4 Å². The van der Waals surface area contributed by atoms with Crippen LogP contribution in [0, 0.1) is 25.6 Å². The number of thiazole rings is 1. The molecule has 0 aliphatic carbocycles. The van der Waals surface area contributed by atoms with E-state index in [4.69, 9.17) is 0 Å². The van der Waals surface area contributed by atoms with Crippen molar-refractivity contribution in [3.63, 3.8) is 0 Å². The van der Waals surface area contributed by atoms with Crippen molar-refractivity contribution in [2.75, 3.05) is 5.32 Å². The second-order valence-electron chi connectivity index (χ2n) is 7.11. The van der Waals surface area contributed by atoms with Crippen LogP contribution in [0.5, 0.6) is 0 Å². The monoisotopic (exact) mass is 399 g/mol. The Kier molecular flexibility index (Phi) is 5.74. The number of rotatable bonds is 5. The molecule has 1 atom stereocenters. The van der Waals surface area contributed by atoms with Gasteiger partial charge >= 0.3 is 0 Å². The van der Waals surface area contributed by atoms with Crippen LogP contribution in [0.4, 0.5) is 9.52 Å². The number of nitrogens with one attached hydrogen (secondary N) is 2. The Labute approximate surface area is 167 Å². The number of halogens is 1. The van der Waals surface area contributed by atoms with E-state index in [1.807, 2.05) is 39.8 Å². The number of carbonyl (C=O) groups excluding carboxylic acids is 2. The number of nitrogens with zero attached hydrogens (tertiary/aromatic N) is 1. The van der Waals surface area contributed by atoms with Gasteiger partial charge in [0.2, 0.25) is 5.91 Å². The number of benzene rings is 2. The van der Waals surface area contributed by atoms with Gasteiger partial charge in [0, 0.05) is 0 Å². The molecule has 2 amide bonds. The number of fused-ring (bicyclic) bond motifs is 1. The van der Waals surface area contributed by atoms with E-state index in [1.54, 1.807) is 6.07 Å². The molecule has 28 heavy (non-hydrogen) atoms. The summed E-state index contributed by atoms with van der Waals surface area (Å²) >= 11 is 1.39. The van der Waals surface area contributed by atoms with Gasteiger partial charge in [-0.05, 0) is 49.1 Å². The van der Waals surface area contributed by atoms with Crippen LogP contribution in [0.15, 0.2) is 36.4 Å². The molecule has 2 N–H and O–H groups in total. The number of anilines is 1. The van der Waals surface area contributed by atoms with Gasteiger partial charge in [-0.3, -0.25) is 9.59 Å². The zero-order valence-electron chi connectivity index (χ0n) is 16.2. The molecule has 0 bridgehead atoms. The van der Waals surface area contributed by atoms with Crippen molar-refractivity contribution < 1.29 is 14.0 Å². The molecule has 2 aromatic carbocycles. The van der Waals surface area contributed by atoms with Crippen LogP contribution < -0.4 is 10.6 Å². The van der Waals surface area contributed by atoms with E-state index < -0.39 is 17.8 Å². The average Bonchev–Trinajstić information content (AvgIpc) is 3.02. The number of carbonyl (C=O) groups is 2. The summed E-state index contributed by atoms with van der Waals surface area (Å²) in [5, 5.41) is 5.90. The number of hydrogen-bond donors (Lipinski definition) is 2. The van der Waals surface area contributed by atoms with Gasteiger partial charge in [-0.25, -0.2) is 9.37 Å². The third kappa shape index (κ3) is 4.20. The Morgan fingerprint density at radius 1 is 1.14 bits per heavy atom. The van der Waals surface area contributed by atoms with E-state index in [0.717, 1.165) is 21.3 Å². The van der Waals surface area contributed by atoms with Crippen molar-refractivity contribution >= 4 is 38.5 Å². The molecule has 1 aromatic heterocycles. The van der Waals surface area contributed by atoms with Crippen LogP contribution in [0.3, 0.4) is 0 Å². The molecule has 0 saturated heterocycles. The summed E-state index contributed by atoms with van der Waals surface area (Å²) in [6, 6.07) is 8.93. The van der Waals surface area contributed by atoms with Crippen molar-refractivity contribution in [3.8, 4) is 0 Å². The topological polar surface area (TPSA) is 71.1 Å². The summed E-state index contributed by atoms with van der Waals surface area (Å²) in [6.07, 6.45) is 0. The van der Waals surface area contributed by atoms with Gasteiger partial charge in [-0.15, -0.1) is 0 Å². The molecule has 3 aromatic rings. The predicted molar refractivity (Wildman–Crippen MR) is 110 cm³/mol. The molecule has 7 heteroatoms. The minimum atomic E-state index is -0.818. The number of aromatic nitrogens is 1. The fourth-order valence-electron chi connectivity index (χ4n) is 3.01. The summed E-state index contributed by atoms with van der Waals surface area (Å²) in [7, 11) is 0. The molecule has 5 nitrogen and oxygen atoms in total. The van der Waals surface area contributed by atoms with Crippen LogP contribution in [0.1, 0.15) is 35.3 Å². The first-order valence-corrected chi connectivity index (χ1v) is 9.82. The lowest BCUT2D eigenvalue weighted by Gasteiger charge is -2.21. The molecule has 0 aliphatic heterocycles. The second kappa shape index (κ2) is 8.06. The predicted octanol–water partition coefficient (Wildman–Crippen LogP) is 4.45. The molecule has 0 unspecified atom stereocenters. The third-order valence-electron chi connectivity index (χ3n) is 4.41. The molecule has 0 spiro atoms. The van der Waals surface area contributed by atoms with Gasteiger partial charge < -0.3 is 10.6 Å². The van der Waals surface area contributed by atoms with E-state index >= 15 is 0 Å². The fraction of sp³-hybridized carbons (Fsp3) is 0.286. The molecule has 3 rings (SSSR count). The zero-order chi connectivity index (χ0) is 20.4. The highest BCUT2D eigenvalue weighted by atomic mass is 32.1. The Morgan fingerprint density at radius 2 is 1.86 bits per heavy atom. The van der Waals surface area contributed by atoms with Crippen LogP contribution in [0.25, 0.3) is 10.2 Å². The molecule has 0 saturated carbocycles. The van der Waals surface area contributed by atoms with Gasteiger partial charge in [0.25, 0.3) is 5.91 Å². The van der Waals surface area contributed by atoms with Gasteiger partial charge in [0.05, 0.1) is 15.8 Å².